The van der Waals surface area contributed by atoms with E-state index in [1.54, 1.807) is 5.01 Å². The molecule has 0 aliphatic carbocycles. The molecule has 1 amide bonds. The summed E-state index contributed by atoms with van der Waals surface area (Å²) >= 11 is 0. The van der Waals surface area contributed by atoms with Crippen LogP contribution in [0.15, 0.2) is 11.3 Å². The number of nitrogens with zero attached hydrogens (tertiary/aromatic N) is 2. The van der Waals surface area contributed by atoms with Crippen LogP contribution in [0.5, 0.6) is 0 Å². The van der Waals surface area contributed by atoms with Crippen LogP contribution in [0.1, 0.15) is 46.0 Å². The first-order valence-corrected chi connectivity index (χ1v) is 7.58. The zero-order chi connectivity index (χ0) is 15.6. The fourth-order valence-corrected chi connectivity index (χ4v) is 3.21. The molecule has 21 heavy (non-hydrogen) atoms. The van der Waals surface area contributed by atoms with E-state index in [1.807, 2.05) is 11.9 Å². The fraction of sp³-hybridized carbons (Fsp3) is 0.733. The van der Waals surface area contributed by atoms with Gasteiger partial charge in [-0.05, 0) is 26.2 Å². The molecule has 0 spiro atoms. The second kappa shape index (κ2) is 6.05. The number of carbonyl (C=O) groups excluding carboxylic acids is 2. The number of aliphatic hydroxyl groups excluding tert-OH is 1. The lowest BCUT2D eigenvalue weighted by Crippen LogP contribution is -2.60. The summed E-state index contributed by atoms with van der Waals surface area (Å²) in [6.45, 7) is 5.25. The van der Waals surface area contributed by atoms with Crippen molar-refractivity contribution in [2.45, 2.75) is 51.5 Å². The van der Waals surface area contributed by atoms with Crippen molar-refractivity contribution in [1.29, 1.82) is 0 Å². The molecule has 0 radical (unpaired) electrons. The summed E-state index contributed by atoms with van der Waals surface area (Å²) in [5.74, 6) is -1.36. The van der Waals surface area contributed by atoms with Crippen molar-refractivity contribution >= 4 is 11.9 Å². The van der Waals surface area contributed by atoms with Crippen LogP contribution in [0.2, 0.25) is 0 Å². The second-order valence-corrected chi connectivity index (χ2v) is 5.85. The fourth-order valence-electron chi connectivity index (χ4n) is 3.21. The molecule has 0 aromatic heterocycles. The van der Waals surface area contributed by atoms with E-state index in [9.17, 15) is 14.7 Å². The van der Waals surface area contributed by atoms with Gasteiger partial charge in [-0.2, -0.15) is 0 Å². The van der Waals surface area contributed by atoms with Gasteiger partial charge < -0.3 is 9.84 Å². The summed E-state index contributed by atoms with van der Waals surface area (Å²) in [5.41, 5.74) is -0.890. The Kier molecular flexibility index (Phi) is 4.56. The molecule has 2 heterocycles. The van der Waals surface area contributed by atoms with Gasteiger partial charge in [-0.1, -0.05) is 19.8 Å². The molecule has 2 aliphatic heterocycles. The number of carbonyl (C=O) groups is 2. The maximum atomic E-state index is 12.6. The molecule has 1 saturated heterocycles. The number of amides is 1. The number of methoxy groups -OCH3 is 1. The first kappa shape index (κ1) is 15.8. The molecule has 0 bridgehead atoms. The van der Waals surface area contributed by atoms with Gasteiger partial charge in [-0.3, -0.25) is 9.80 Å². The Bertz CT molecular complexity index is 474. The van der Waals surface area contributed by atoms with Crippen LogP contribution in [0.4, 0.5) is 0 Å². The number of rotatable bonds is 5. The van der Waals surface area contributed by atoms with Crippen LogP contribution in [0.25, 0.3) is 0 Å². The van der Waals surface area contributed by atoms with E-state index >= 15 is 0 Å². The number of aliphatic hydroxyl groups is 1. The lowest BCUT2D eigenvalue weighted by Gasteiger charge is -2.46. The van der Waals surface area contributed by atoms with Gasteiger partial charge in [0, 0.05) is 13.1 Å². The molecule has 0 aromatic rings. The molecule has 0 aromatic carbocycles. The smallest absolute Gasteiger partial charge is 0.347 e. The van der Waals surface area contributed by atoms with Gasteiger partial charge in [-0.15, -0.1) is 0 Å². The molecule has 0 unspecified atom stereocenters. The lowest BCUT2D eigenvalue weighted by atomic mass is 9.91. The molecule has 6 nitrogen and oxygen atoms in total. The SMILES string of the molecule is CCCCCN1C(=O)C(C(=O)OC)=C(O)[C@@]2(C)CCCN12. The van der Waals surface area contributed by atoms with Crippen molar-refractivity contribution in [2.75, 3.05) is 20.2 Å². The predicted molar refractivity (Wildman–Crippen MR) is 77.3 cm³/mol. The minimum atomic E-state index is -0.759. The van der Waals surface area contributed by atoms with Crippen molar-refractivity contribution in [3.8, 4) is 0 Å². The summed E-state index contributed by atoms with van der Waals surface area (Å²) in [4.78, 5) is 24.5. The van der Waals surface area contributed by atoms with E-state index in [0.717, 1.165) is 32.1 Å². The topological polar surface area (TPSA) is 70.1 Å². The maximum absolute atomic E-state index is 12.6. The van der Waals surface area contributed by atoms with Crippen molar-refractivity contribution in [1.82, 2.24) is 10.0 Å². The summed E-state index contributed by atoms with van der Waals surface area (Å²) in [6, 6.07) is 0. The van der Waals surface area contributed by atoms with Crippen molar-refractivity contribution in [3.05, 3.63) is 11.3 Å². The second-order valence-electron chi connectivity index (χ2n) is 5.85. The van der Waals surface area contributed by atoms with Crippen molar-refractivity contribution in [2.24, 2.45) is 0 Å². The minimum absolute atomic E-state index is 0.149. The van der Waals surface area contributed by atoms with Gasteiger partial charge in [0.15, 0.2) is 5.57 Å². The van der Waals surface area contributed by atoms with Crippen LogP contribution in [-0.4, -0.2) is 52.7 Å². The largest absolute Gasteiger partial charge is 0.509 e. The summed E-state index contributed by atoms with van der Waals surface area (Å²) in [5, 5.41) is 14.0. The molecule has 1 N–H and O–H groups in total. The molecule has 1 fully saturated rings. The highest BCUT2D eigenvalue weighted by atomic mass is 16.5. The summed E-state index contributed by atoms with van der Waals surface area (Å²) in [6.07, 6.45) is 4.56. The minimum Gasteiger partial charge on any atom is -0.509 e. The third-order valence-electron chi connectivity index (χ3n) is 4.45. The van der Waals surface area contributed by atoms with Crippen LogP contribution < -0.4 is 0 Å². The van der Waals surface area contributed by atoms with E-state index in [1.165, 1.54) is 7.11 Å². The van der Waals surface area contributed by atoms with Crippen LogP contribution >= 0.6 is 0 Å². The average molecular weight is 296 g/mol. The molecular weight excluding hydrogens is 272 g/mol. The third kappa shape index (κ3) is 2.52. The highest BCUT2D eigenvalue weighted by Crippen LogP contribution is 2.41. The van der Waals surface area contributed by atoms with Crippen LogP contribution in [0.3, 0.4) is 0 Å². The zero-order valence-electron chi connectivity index (χ0n) is 13.0. The Labute approximate surface area is 125 Å². The van der Waals surface area contributed by atoms with E-state index in [0.29, 0.717) is 13.1 Å². The molecule has 2 rings (SSSR count). The molecule has 0 saturated carbocycles. The van der Waals surface area contributed by atoms with Crippen molar-refractivity contribution in [3.63, 3.8) is 0 Å². The highest BCUT2D eigenvalue weighted by molar-refractivity contribution is 6.17. The number of esters is 1. The van der Waals surface area contributed by atoms with E-state index < -0.39 is 17.4 Å². The number of ether oxygens (including phenoxy) is 1. The first-order valence-electron chi connectivity index (χ1n) is 7.58. The zero-order valence-corrected chi connectivity index (χ0v) is 13.0. The number of hydrogen-bond acceptors (Lipinski definition) is 5. The van der Waals surface area contributed by atoms with Gasteiger partial charge in [0.25, 0.3) is 5.91 Å². The van der Waals surface area contributed by atoms with Gasteiger partial charge in [0.1, 0.15) is 5.76 Å². The lowest BCUT2D eigenvalue weighted by molar-refractivity contribution is -0.161. The Morgan fingerprint density at radius 3 is 2.76 bits per heavy atom. The predicted octanol–water partition coefficient (Wildman–Crippen LogP) is 1.77. The highest BCUT2D eigenvalue weighted by Gasteiger charge is 2.52. The Morgan fingerprint density at radius 1 is 1.43 bits per heavy atom. The summed E-state index contributed by atoms with van der Waals surface area (Å²) < 4.78 is 4.68. The maximum Gasteiger partial charge on any atom is 0.347 e. The Balaban J connectivity index is 2.37. The molecule has 2 aliphatic rings. The van der Waals surface area contributed by atoms with Gasteiger partial charge in [0.05, 0.1) is 12.6 Å². The van der Waals surface area contributed by atoms with E-state index in [2.05, 4.69) is 11.7 Å². The van der Waals surface area contributed by atoms with Gasteiger partial charge in [0.2, 0.25) is 0 Å². The van der Waals surface area contributed by atoms with E-state index in [-0.39, 0.29) is 11.3 Å². The van der Waals surface area contributed by atoms with Crippen LogP contribution in [-0.2, 0) is 14.3 Å². The Morgan fingerprint density at radius 2 is 2.14 bits per heavy atom. The number of fused-ring (bicyclic) bond motifs is 1. The number of unbranched alkanes of at least 4 members (excludes halogenated alkanes) is 2. The first-order chi connectivity index (χ1) is 9.97. The Hall–Kier alpha value is -1.56. The quantitative estimate of drug-likeness (QED) is 0.476. The van der Waals surface area contributed by atoms with Crippen molar-refractivity contribution < 1.29 is 19.4 Å². The normalized spacial score (nSPS) is 26.2. The number of hydrazine groups is 1. The number of hydrogen-bond donors (Lipinski definition) is 1. The standard InChI is InChI=1S/C15H24N2O4/c1-4-5-6-9-16-13(19)11(14(20)21-3)12(18)15(2)8-7-10-17(15)16/h18H,4-10H2,1-3H3/t15-/m1/s1. The van der Waals surface area contributed by atoms with Crippen LogP contribution in [0, 0.1) is 0 Å². The van der Waals surface area contributed by atoms with Gasteiger partial charge >= 0.3 is 5.97 Å². The molecule has 6 heteroatoms. The van der Waals surface area contributed by atoms with E-state index in [4.69, 9.17) is 0 Å². The molecular formula is C15H24N2O4. The third-order valence-corrected chi connectivity index (χ3v) is 4.45. The monoisotopic (exact) mass is 296 g/mol. The molecule has 118 valence electrons. The van der Waals surface area contributed by atoms with Gasteiger partial charge in [-0.25, -0.2) is 9.80 Å². The summed E-state index contributed by atoms with van der Waals surface area (Å²) in [7, 11) is 1.22. The molecule has 1 atom stereocenters. The average Bonchev–Trinajstić information content (AvgIpc) is 2.86.